The van der Waals surface area contributed by atoms with Crippen molar-refractivity contribution in [1.29, 1.82) is 0 Å². The molecule has 5 heteroatoms. The fourth-order valence-electron chi connectivity index (χ4n) is 1.50. The minimum atomic E-state index is -0.292. The molecule has 0 aromatic carbocycles. The Morgan fingerprint density at radius 1 is 1.67 bits per heavy atom. The minimum Gasteiger partial charge on any atom is -0.368 e. The van der Waals surface area contributed by atoms with Gasteiger partial charge in [0.1, 0.15) is 6.10 Å². The average molecular weight is 246 g/mol. The van der Waals surface area contributed by atoms with Gasteiger partial charge in [0, 0.05) is 24.4 Å². The maximum atomic E-state index is 11.8. The van der Waals surface area contributed by atoms with E-state index in [1.807, 2.05) is 12.1 Å². The maximum absolute atomic E-state index is 11.8. The summed E-state index contributed by atoms with van der Waals surface area (Å²) in [7, 11) is 0. The van der Waals surface area contributed by atoms with Crippen molar-refractivity contribution in [2.75, 3.05) is 19.7 Å². The zero-order valence-electron chi connectivity index (χ0n) is 8.16. The van der Waals surface area contributed by atoms with Gasteiger partial charge in [-0.15, -0.1) is 11.3 Å². The zero-order chi connectivity index (χ0) is 10.7. The molecule has 1 aliphatic rings. The Kier molecular flexibility index (Phi) is 3.75. The Bertz CT molecular complexity index is 347. The van der Waals surface area contributed by atoms with Gasteiger partial charge in [0.25, 0.3) is 0 Å². The highest BCUT2D eigenvalue weighted by molar-refractivity contribution is 7.16. The Morgan fingerprint density at radius 2 is 2.53 bits per heavy atom. The highest BCUT2D eigenvalue weighted by Crippen LogP contribution is 2.22. The number of ether oxygens (including phenoxy) is 1. The molecule has 2 rings (SSSR count). The van der Waals surface area contributed by atoms with Crippen LogP contribution in [0, 0.1) is 0 Å². The molecule has 15 heavy (non-hydrogen) atoms. The van der Waals surface area contributed by atoms with Crippen molar-refractivity contribution in [3.63, 3.8) is 0 Å². The first-order chi connectivity index (χ1) is 7.25. The Hall–Kier alpha value is -0.420. The summed E-state index contributed by atoms with van der Waals surface area (Å²) in [6.07, 6.45) is 0.128. The molecule has 1 aromatic rings. The summed E-state index contributed by atoms with van der Waals surface area (Å²) < 4.78 is 6.10. The Morgan fingerprint density at radius 3 is 3.13 bits per heavy atom. The normalized spacial score (nSPS) is 21.5. The van der Waals surface area contributed by atoms with Crippen LogP contribution in [0.25, 0.3) is 0 Å². The third-order valence-corrected chi connectivity index (χ3v) is 3.50. The van der Waals surface area contributed by atoms with E-state index < -0.39 is 0 Å². The number of morpholine rings is 1. The number of hydrogen-bond acceptors (Lipinski definition) is 4. The van der Waals surface area contributed by atoms with Crippen LogP contribution < -0.4 is 5.32 Å². The van der Waals surface area contributed by atoms with Crippen molar-refractivity contribution in [1.82, 2.24) is 5.32 Å². The quantitative estimate of drug-likeness (QED) is 0.877. The van der Waals surface area contributed by atoms with Crippen LogP contribution in [0.5, 0.6) is 0 Å². The molecule has 1 fully saturated rings. The molecule has 1 atom stereocenters. The molecular formula is C10H12ClNO2S. The summed E-state index contributed by atoms with van der Waals surface area (Å²) >= 11 is 7.24. The number of carbonyl (C=O) groups excluding carboxylic acids is 1. The molecule has 1 aromatic heterocycles. The van der Waals surface area contributed by atoms with Crippen LogP contribution >= 0.6 is 22.9 Å². The lowest BCUT2D eigenvalue weighted by molar-refractivity contribution is -0.131. The highest BCUT2D eigenvalue weighted by atomic mass is 35.5. The molecule has 1 unspecified atom stereocenters. The van der Waals surface area contributed by atoms with E-state index in [9.17, 15) is 4.79 Å². The molecule has 0 spiro atoms. The first-order valence-corrected chi connectivity index (χ1v) is 6.04. The second kappa shape index (κ2) is 5.07. The predicted molar refractivity (Wildman–Crippen MR) is 60.6 cm³/mol. The lowest BCUT2D eigenvalue weighted by atomic mass is 10.1. The topological polar surface area (TPSA) is 38.3 Å². The Labute approximate surface area is 97.4 Å². The largest absolute Gasteiger partial charge is 0.368 e. The monoisotopic (exact) mass is 245 g/mol. The molecule has 0 amide bonds. The molecule has 1 N–H and O–H groups in total. The molecular weight excluding hydrogens is 234 g/mol. The molecule has 0 aliphatic carbocycles. The summed E-state index contributed by atoms with van der Waals surface area (Å²) in [5.74, 6) is 0.126. The molecule has 1 saturated heterocycles. The van der Waals surface area contributed by atoms with E-state index >= 15 is 0 Å². The van der Waals surface area contributed by atoms with Gasteiger partial charge >= 0.3 is 0 Å². The van der Waals surface area contributed by atoms with Crippen molar-refractivity contribution in [2.45, 2.75) is 12.5 Å². The van der Waals surface area contributed by atoms with Crippen LogP contribution in [-0.4, -0.2) is 31.6 Å². The number of Topliss-reactive ketones (excluding diaryl/α,β-unsaturated/α-hetero) is 1. The van der Waals surface area contributed by atoms with E-state index in [0.717, 1.165) is 15.8 Å². The number of carbonyl (C=O) groups is 1. The van der Waals surface area contributed by atoms with Gasteiger partial charge in [-0.25, -0.2) is 0 Å². The van der Waals surface area contributed by atoms with Gasteiger partial charge in [-0.1, -0.05) is 11.6 Å². The summed E-state index contributed by atoms with van der Waals surface area (Å²) in [5, 5.41) is 3.14. The summed E-state index contributed by atoms with van der Waals surface area (Å²) in [5.41, 5.74) is 0. The molecule has 1 aliphatic heterocycles. The number of halogens is 1. The van der Waals surface area contributed by atoms with Gasteiger partial charge in [0.05, 0.1) is 10.9 Å². The van der Waals surface area contributed by atoms with E-state index in [1.54, 1.807) is 0 Å². The van der Waals surface area contributed by atoms with Crippen LogP contribution in [0.2, 0.25) is 4.34 Å². The van der Waals surface area contributed by atoms with E-state index in [4.69, 9.17) is 16.3 Å². The number of rotatable bonds is 3. The minimum absolute atomic E-state index is 0.126. The number of hydrogen-bond donors (Lipinski definition) is 1. The lowest BCUT2D eigenvalue weighted by Crippen LogP contribution is -2.43. The van der Waals surface area contributed by atoms with Crippen molar-refractivity contribution in [3.8, 4) is 0 Å². The van der Waals surface area contributed by atoms with E-state index in [0.29, 0.717) is 19.6 Å². The third-order valence-electron chi connectivity index (χ3n) is 2.26. The van der Waals surface area contributed by atoms with Crippen LogP contribution in [0.4, 0.5) is 0 Å². The van der Waals surface area contributed by atoms with Gasteiger partial charge in [0.15, 0.2) is 5.78 Å². The number of ketones is 1. The smallest absolute Gasteiger partial charge is 0.168 e. The zero-order valence-corrected chi connectivity index (χ0v) is 9.74. The van der Waals surface area contributed by atoms with Crippen LogP contribution in [0.3, 0.4) is 0 Å². The van der Waals surface area contributed by atoms with Crippen molar-refractivity contribution < 1.29 is 9.53 Å². The first kappa shape index (κ1) is 11.1. The fraction of sp³-hybridized carbons (Fsp3) is 0.500. The van der Waals surface area contributed by atoms with Gasteiger partial charge < -0.3 is 10.1 Å². The predicted octanol–water partition coefficient (Wildman–Crippen LogP) is 1.50. The maximum Gasteiger partial charge on any atom is 0.168 e. The van der Waals surface area contributed by atoms with Crippen LogP contribution in [0.15, 0.2) is 12.1 Å². The van der Waals surface area contributed by atoms with Gasteiger partial charge in [-0.3, -0.25) is 4.79 Å². The molecule has 3 nitrogen and oxygen atoms in total. The van der Waals surface area contributed by atoms with Crippen molar-refractivity contribution >= 4 is 28.7 Å². The highest BCUT2D eigenvalue weighted by Gasteiger charge is 2.21. The summed E-state index contributed by atoms with van der Waals surface area (Å²) in [6.45, 7) is 2.06. The van der Waals surface area contributed by atoms with E-state index in [-0.39, 0.29) is 11.9 Å². The molecule has 82 valence electrons. The summed E-state index contributed by atoms with van der Waals surface area (Å²) in [4.78, 5) is 12.8. The average Bonchev–Trinajstić information content (AvgIpc) is 2.65. The lowest BCUT2D eigenvalue weighted by Gasteiger charge is -2.22. The van der Waals surface area contributed by atoms with Crippen LogP contribution in [-0.2, 0) is 16.0 Å². The van der Waals surface area contributed by atoms with Gasteiger partial charge in [-0.05, 0) is 12.1 Å². The first-order valence-electron chi connectivity index (χ1n) is 4.85. The van der Waals surface area contributed by atoms with E-state index in [1.165, 1.54) is 11.3 Å². The van der Waals surface area contributed by atoms with Crippen molar-refractivity contribution in [2.24, 2.45) is 0 Å². The summed E-state index contributed by atoms with van der Waals surface area (Å²) in [6, 6.07) is 3.70. The van der Waals surface area contributed by atoms with Crippen molar-refractivity contribution in [3.05, 3.63) is 21.3 Å². The number of nitrogens with one attached hydrogen (secondary N) is 1. The fourth-order valence-corrected chi connectivity index (χ4v) is 2.60. The molecule has 0 saturated carbocycles. The second-order valence-corrected chi connectivity index (χ2v) is 5.21. The molecule has 0 radical (unpaired) electrons. The second-order valence-electron chi connectivity index (χ2n) is 3.41. The SMILES string of the molecule is O=C(Cc1ccc(Cl)s1)C1CNCCO1. The number of thiophene rings is 1. The third kappa shape index (κ3) is 3.01. The van der Waals surface area contributed by atoms with Gasteiger partial charge in [-0.2, -0.15) is 0 Å². The van der Waals surface area contributed by atoms with E-state index in [2.05, 4.69) is 5.32 Å². The van der Waals surface area contributed by atoms with Gasteiger partial charge in [0.2, 0.25) is 0 Å². The standard InChI is InChI=1S/C10H12ClNO2S/c11-10-2-1-7(15-10)5-8(13)9-6-12-3-4-14-9/h1-2,9,12H,3-6H2. The molecule has 2 heterocycles. The van der Waals surface area contributed by atoms with Crippen LogP contribution in [0.1, 0.15) is 4.88 Å². The molecule has 0 bridgehead atoms. The Balaban J connectivity index is 1.91.